The standard InChI is InChI=1S/C13H27N/c1-4-5-6-12-7-9-13(10-8-12)11(2)14-3/h11-14H,4-10H2,1-3H3. The van der Waals surface area contributed by atoms with Gasteiger partial charge in [0.15, 0.2) is 0 Å². The molecule has 0 spiro atoms. The molecule has 0 amide bonds. The molecule has 14 heavy (non-hydrogen) atoms. The molecule has 0 aliphatic heterocycles. The van der Waals surface area contributed by atoms with E-state index in [9.17, 15) is 0 Å². The van der Waals surface area contributed by atoms with Crippen molar-refractivity contribution in [2.75, 3.05) is 7.05 Å². The summed E-state index contributed by atoms with van der Waals surface area (Å²) in [5.74, 6) is 1.99. The van der Waals surface area contributed by atoms with Gasteiger partial charge in [0.05, 0.1) is 0 Å². The van der Waals surface area contributed by atoms with Gasteiger partial charge in [0, 0.05) is 6.04 Å². The van der Waals surface area contributed by atoms with Crippen molar-refractivity contribution in [2.24, 2.45) is 11.8 Å². The van der Waals surface area contributed by atoms with Crippen LogP contribution in [-0.2, 0) is 0 Å². The lowest BCUT2D eigenvalue weighted by Crippen LogP contribution is -2.33. The Hall–Kier alpha value is -0.0400. The van der Waals surface area contributed by atoms with Crippen LogP contribution < -0.4 is 5.32 Å². The second-order valence-corrected chi connectivity index (χ2v) is 5.00. The molecule has 0 aromatic heterocycles. The Bertz CT molecular complexity index is 136. The van der Waals surface area contributed by atoms with E-state index in [0.29, 0.717) is 0 Å². The number of hydrogen-bond acceptors (Lipinski definition) is 1. The summed E-state index contributed by atoms with van der Waals surface area (Å²) >= 11 is 0. The van der Waals surface area contributed by atoms with Gasteiger partial charge in [-0.3, -0.25) is 0 Å². The molecule has 0 radical (unpaired) electrons. The molecule has 1 heteroatoms. The zero-order valence-electron chi connectivity index (χ0n) is 10.2. The Labute approximate surface area is 89.7 Å². The van der Waals surface area contributed by atoms with Crippen LogP contribution in [0.4, 0.5) is 0 Å². The van der Waals surface area contributed by atoms with Gasteiger partial charge in [-0.25, -0.2) is 0 Å². The molecule has 1 atom stereocenters. The Morgan fingerprint density at radius 1 is 1.21 bits per heavy atom. The Morgan fingerprint density at radius 3 is 2.36 bits per heavy atom. The summed E-state index contributed by atoms with van der Waals surface area (Å²) in [6.07, 6.45) is 10.2. The van der Waals surface area contributed by atoms with Crippen LogP contribution in [0, 0.1) is 11.8 Å². The van der Waals surface area contributed by atoms with Gasteiger partial charge in [-0.15, -0.1) is 0 Å². The minimum absolute atomic E-state index is 0.724. The molecule has 1 nitrogen and oxygen atoms in total. The van der Waals surface area contributed by atoms with Gasteiger partial charge in [-0.1, -0.05) is 39.0 Å². The minimum Gasteiger partial charge on any atom is -0.317 e. The second kappa shape index (κ2) is 6.44. The first-order valence-electron chi connectivity index (χ1n) is 6.45. The van der Waals surface area contributed by atoms with Crippen LogP contribution in [0.2, 0.25) is 0 Å². The first-order chi connectivity index (χ1) is 6.77. The molecule has 1 unspecified atom stereocenters. The number of nitrogens with one attached hydrogen (secondary N) is 1. The third-order valence-corrected chi connectivity index (χ3v) is 4.02. The lowest BCUT2D eigenvalue weighted by atomic mass is 9.77. The Kier molecular flexibility index (Phi) is 5.54. The fourth-order valence-electron chi connectivity index (χ4n) is 2.71. The highest BCUT2D eigenvalue weighted by Gasteiger charge is 2.23. The third-order valence-electron chi connectivity index (χ3n) is 4.02. The molecular formula is C13H27N. The zero-order valence-corrected chi connectivity index (χ0v) is 10.2. The van der Waals surface area contributed by atoms with Gasteiger partial charge in [-0.2, -0.15) is 0 Å². The highest BCUT2D eigenvalue weighted by molar-refractivity contribution is 4.78. The number of unbranched alkanes of at least 4 members (excludes halogenated alkanes) is 1. The smallest absolute Gasteiger partial charge is 0.00640 e. The average molecular weight is 197 g/mol. The fourth-order valence-corrected chi connectivity index (χ4v) is 2.71. The highest BCUT2D eigenvalue weighted by Crippen LogP contribution is 2.33. The van der Waals surface area contributed by atoms with Gasteiger partial charge >= 0.3 is 0 Å². The first-order valence-corrected chi connectivity index (χ1v) is 6.45. The summed E-state index contributed by atoms with van der Waals surface area (Å²) in [6.45, 7) is 4.63. The van der Waals surface area contributed by atoms with Crippen molar-refractivity contribution < 1.29 is 0 Å². The Morgan fingerprint density at radius 2 is 1.86 bits per heavy atom. The van der Waals surface area contributed by atoms with Gasteiger partial charge in [0.1, 0.15) is 0 Å². The predicted molar refractivity (Wildman–Crippen MR) is 63.5 cm³/mol. The minimum atomic E-state index is 0.724. The largest absolute Gasteiger partial charge is 0.317 e. The molecule has 0 saturated heterocycles. The number of hydrogen-bond donors (Lipinski definition) is 1. The van der Waals surface area contributed by atoms with E-state index in [-0.39, 0.29) is 0 Å². The van der Waals surface area contributed by atoms with Gasteiger partial charge in [-0.05, 0) is 38.6 Å². The summed E-state index contributed by atoms with van der Waals surface area (Å²) in [5.41, 5.74) is 0. The predicted octanol–water partition coefficient (Wildman–Crippen LogP) is 3.59. The molecule has 1 fully saturated rings. The fraction of sp³-hybridized carbons (Fsp3) is 1.00. The van der Waals surface area contributed by atoms with E-state index in [1.807, 2.05) is 0 Å². The molecule has 0 bridgehead atoms. The van der Waals surface area contributed by atoms with Crippen molar-refractivity contribution in [1.29, 1.82) is 0 Å². The van der Waals surface area contributed by atoms with Crippen LogP contribution in [0.3, 0.4) is 0 Å². The summed E-state index contributed by atoms with van der Waals surface area (Å²) < 4.78 is 0. The summed E-state index contributed by atoms with van der Waals surface area (Å²) in [4.78, 5) is 0. The topological polar surface area (TPSA) is 12.0 Å². The Balaban J connectivity index is 2.17. The highest BCUT2D eigenvalue weighted by atomic mass is 14.9. The van der Waals surface area contributed by atoms with E-state index in [0.717, 1.165) is 17.9 Å². The molecule has 1 aliphatic rings. The molecule has 0 heterocycles. The van der Waals surface area contributed by atoms with Crippen LogP contribution in [0.15, 0.2) is 0 Å². The van der Waals surface area contributed by atoms with Crippen molar-refractivity contribution in [1.82, 2.24) is 5.32 Å². The molecule has 1 saturated carbocycles. The third kappa shape index (κ3) is 3.61. The quantitative estimate of drug-likeness (QED) is 0.710. The average Bonchev–Trinajstić information content (AvgIpc) is 2.26. The molecular weight excluding hydrogens is 170 g/mol. The normalized spacial score (nSPS) is 30.2. The van der Waals surface area contributed by atoms with Gasteiger partial charge in [0.25, 0.3) is 0 Å². The van der Waals surface area contributed by atoms with E-state index in [4.69, 9.17) is 0 Å². The zero-order chi connectivity index (χ0) is 10.4. The van der Waals surface area contributed by atoms with Crippen LogP contribution in [0.5, 0.6) is 0 Å². The van der Waals surface area contributed by atoms with E-state index in [1.165, 1.54) is 44.9 Å². The maximum atomic E-state index is 3.39. The molecule has 1 rings (SSSR count). The van der Waals surface area contributed by atoms with Crippen LogP contribution >= 0.6 is 0 Å². The molecule has 84 valence electrons. The lowest BCUT2D eigenvalue weighted by Gasteiger charge is -2.32. The van der Waals surface area contributed by atoms with Gasteiger partial charge in [0.2, 0.25) is 0 Å². The van der Waals surface area contributed by atoms with Gasteiger partial charge < -0.3 is 5.32 Å². The van der Waals surface area contributed by atoms with Crippen molar-refractivity contribution in [3.63, 3.8) is 0 Å². The van der Waals surface area contributed by atoms with Crippen LogP contribution in [0.1, 0.15) is 58.8 Å². The lowest BCUT2D eigenvalue weighted by molar-refractivity contribution is 0.224. The summed E-state index contributed by atoms with van der Waals surface area (Å²) in [5, 5.41) is 3.39. The van der Waals surface area contributed by atoms with Crippen LogP contribution in [0.25, 0.3) is 0 Å². The number of rotatable bonds is 5. The monoisotopic (exact) mass is 197 g/mol. The molecule has 1 N–H and O–H groups in total. The molecule has 0 aromatic carbocycles. The van der Waals surface area contributed by atoms with Crippen molar-refractivity contribution in [3.8, 4) is 0 Å². The van der Waals surface area contributed by atoms with Crippen molar-refractivity contribution in [3.05, 3.63) is 0 Å². The molecule has 0 aromatic rings. The SMILES string of the molecule is CCCCC1CCC(C(C)NC)CC1. The van der Waals surface area contributed by atoms with E-state index in [1.54, 1.807) is 0 Å². The van der Waals surface area contributed by atoms with Crippen molar-refractivity contribution >= 4 is 0 Å². The van der Waals surface area contributed by atoms with Crippen molar-refractivity contribution in [2.45, 2.75) is 64.8 Å². The second-order valence-electron chi connectivity index (χ2n) is 5.00. The van der Waals surface area contributed by atoms with Crippen LogP contribution in [-0.4, -0.2) is 13.1 Å². The molecule has 1 aliphatic carbocycles. The summed E-state index contributed by atoms with van der Waals surface area (Å²) in [6, 6.07) is 0.724. The summed E-state index contributed by atoms with van der Waals surface area (Å²) in [7, 11) is 2.09. The van der Waals surface area contributed by atoms with E-state index >= 15 is 0 Å². The maximum Gasteiger partial charge on any atom is 0.00640 e. The maximum absolute atomic E-state index is 3.39. The van der Waals surface area contributed by atoms with E-state index < -0.39 is 0 Å². The van der Waals surface area contributed by atoms with E-state index in [2.05, 4.69) is 26.2 Å². The first kappa shape index (κ1) is 12.0.